The number of aliphatic hydroxyl groups is 1. The Morgan fingerprint density at radius 3 is 2.95 bits per heavy atom. The molecule has 0 aliphatic carbocycles. The van der Waals surface area contributed by atoms with Crippen molar-refractivity contribution in [1.29, 1.82) is 0 Å². The van der Waals surface area contributed by atoms with E-state index in [1.165, 1.54) is 0 Å². The quantitative estimate of drug-likeness (QED) is 0.941. The minimum atomic E-state index is -0.680. The van der Waals surface area contributed by atoms with Gasteiger partial charge in [0.2, 0.25) is 0 Å². The second-order valence-electron chi connectivity index (χ2n) is 5.89. The molecule has 0 saturated carbocycles. The molecule has 2 aromatic heterocycles. The number of nitrogens with zero attached hydrogens (tertiary/aromatic N) is 1. The molecule has 1 fully saturated rings. The summed E-state index contributed by atoms with van der Waals surface area (Å²) in [6.45, 7) is 4.37. The normalized spacial score (nSPS) is 19.6. The van der Waals surface area contributed by atoms with E-state index in [4.69, 9.17) is 8.83 Å². The van der Waals surface area contributed by atoms with E-state index in [0.717, 1.165) is 25.1 Å². The summed E-state index contributed by atoms with van der Waals surface area (Å²) in [6, 6.07) is 5.33. The molecular weight excluding hydrogens is 282 g/mol. The lowest BCUT2D eigenvalue weighted by Gasteiger charge is -2.26. The highest BCUT2D eigenvalue weighted by molar-refractivity contribution is 5.95. The number of aryl methyl sites for hydroxylation is 2. The molecule has 3 rings (SSSR count). The monoisotopic (exact) mass is 303 g/mol. The fraction of sp³-hybridized carbons (Fsp3) is 0.471. The van der Waals surface area contributed by atoms with Crippen LogP contribution in [0.1, 0.15) is 53.0 Å². The number of hydrogen-bond acceptors (Lipinski definition) is 4. The summed E-state index contributed by atoms with van der Waals surface area (Å²) >= 11 is 0. The van der Waals surface area contributed by atoms with Gasteiger partial charge in [0.05, 0.1) is 11.8 Å². The Bertz CT molecular complexity index is 644. The molecule has 1 aliphatic heterocycles. The Labute approximate surface area is 129 Å². The maximum Gasteiger partial charge on any atom is 0.257 e. The number of amides is 1. The number of carbonyl (C=O) groups excluding carboxylic acids is 1. The van der Waals surface area contributed by atoms with Gasteiger partial charge in [-0.2, -0.15) is 0 Å². The summed E-state index contributed by atoms with van der Waals surface area (Å²) in [5.41, 5.74) is 0.622. The van der Waals surface area contributed by atoms with Gasteiger partial charge in [-0.05, 0) is 44.9 Å². The molecule has 0 radical (unpaired) electrons. The van der Waals surface area contributed by atoms with Crippen molar-refractivity contribution in [3.8, 4) is 0 Å². The number of likely N-dealkylation sites (tertiary alicyclic amines) is 1. The number of hydrogen-bond donors (Lipinski definition) is 1. The van der Waals surface area contributed by atoms with Gasteiger partial charge in [-0.1, -0.05) is 0 Å². The molecule has 2 atom stereocenters. The molecule has 5 heteroatoms. The van der Waals surface area contributed by atoms with Gasteiger partial charge in [-0.15, -0.1) is 0 Å². The van der Waals surface area contributed by atoms with Crippen molar-refractivity contribution in [1.82, 2.24) is 4.90 Å². The van der Waals surface area contributed by atoms with Crippen LogP contribution in [-0.4, -0.2) is 28.5 Å². The maximum atomic E-state index is 12.7. The summed E-state index contributed by atoms with van der Waals surface area (Å²) in [6.07, 6.45) is 3.22. The molecule has 2 unspecified atom stereocenters. The first-order chi connectivity index (χ1) is 10.6. The average molecular weight is 303 g/mol. The average Bonchev–Trinajstić information content (AvgIpc) is 3.19. The Kier molecular flexibility index (Phi) is 4.07. The molecule has 2 aromatic rings. The first kappa shape index (κ1) is 14.9. The van der Waals surface area contributed by atoms with E-state index in [1.54, 1.807) is 24.5 Å². The number of aliphatic hydroxyl groups excluding tert-OH is 1. The molecule has 0 bridgehead atoms. The van der Waals surface area contributed by atoms with Crippen LogP contribution >= 0.6 is 0 Å². The van der Waals surface area contributed by atoms with Crippen LogP contribution in [0.3, 0.4) is 0 Å². The standard InChI is InChI=1S/C17H21NO4/c1-11-9-14(12(2)22-11)17(20)18-7-3-5-13(18)10-15(19)16-6-4-8-21-16/h4,6,8-9,13,15,19H,3,5,7,10H2,1-2H3. The van der Waals surface area contributed by atoms with Gasteiger partial charge in [0, 0.05) is 19.0 Å². The SMILES string of the molecule is Cc1cc(C(=O)N2CCCC2CC(O)c2ccco2)c(C)o1. The molecule has 1 amide bonds. The lowest BCUT2D eigenvalue weighted by molar-refractivity contribution is 0.0640. The summed E-state index contributed by atoms with van der Waals surface area (Å²) in [4.78, 5) is 14.6. The van der Waals surface area contributed by atoms with E-state index in [1.807, 2.05) is 18.7 Å². The van der Waals surface area contributed by atoms with Crippen LogP contribution in [0, 0.1) is 13.8 Å². The molecule has 22 heavy (non-hydrogen) atoms. The zero-order valence-electron chi connectivity index (χ0n) is 12.9. The van der Waals surface area contributed by atoms with Gasteiger partial charge in [0.1, 0.15) is 23.4 Å². The third kappa shape index (κ3) is 2.81. The van der Waals surface area contributed by atoms with Crippen LogP contribution in [0.2, 0.25) is 0 Å². The number of furan rings is 2. The van der Waals surface area contributed by atoms with Crippen LogP contribution in [0.5, 0.6) is 0 Å². The summed E-state index contributed by atoms with van der Waals surface area (Å²) in [5.74, 6) is 1.94. The predicted molar refractivity (Wildman–Crippen MR) is 80.5 cm³/mol. The molecule has 0 aromatic carbocycles. The summed E-state index contributed by atoms with van der Waals surface area (Å²) in [5, 5.41) is 10.2. The van der Waals surface area contributed by atoms with Crippen LogP contribution in [0.15, 0.2) is 33.3 Å². The molecule has 0 spiro atoms. The first-order valence-corrected chi connectivity index (χ1v) is 7.65. The zero-order chi connectivity index (χ0) is 15.7. The van der Waals surface area contributed by atoms with Gasteiger partial charge in [0.25, 0.3) is 5.91 Å². The molecule has 1 N–H and O–H groups in total. The molecule has 1 aliphatic rings. The van der Waals surface area contributed by atoms with Crippen molar-refractivity contribution in [3.63, 3.8) is 0 Å². The number of carbonyl (C=O) groups is 1. The van der Waals surface area contributed by atoms with Crippen LogP contribution in [0.25, 0.3) is 0 Å². The minimum absolute atomic E-state index is 0.0107. The lowest BCUT2D eigenvalue weighted by Crippen LogP contribution is -2.36. The topological polar surface area (TPSA) is 66.8 Å². The Morgan fingerprint density at radius 2 is 2.32 bits per heavy atom. The van der Waals surface area contributed by atoms with Crippen LogP contribution < -0.4 is 0 Å². The number of rotatable bonds is 4. The van der Waals surface area contributed by atoms with Gasteiger partial charge >= 0.3 is 0 Å². The Morgan fingerprint density at radius 1 is 1.50 bits per heavy atom. The van der Waals surface area contributed by atoms with Crippen LogP contribution in [0.4, 0.5) is 0 Å². The van der Waals surface area contributed by atoms with Gasteiger partial charge in [-0.25, -0.2) is 0 Å². The third-order valence-electron chi connectivity index (χ3n) is 4.28. The van der Waals surface area contributed by atoms with E-state index in [2.05, 4.69) is 0 Å². The van der Waals surface area contributed by atoms with Crippen molar-refractivity contribution in [2.75, 3.05) is 6.54 Å². The molecule has 5 nitrogen and oxygen atoms in total. The maximum absolute atomic E-state index is 12.7. The molecule has 118 valence electrons. The molecule has 3 heterocycles. The molecule has 1 saturated heterocycles. The fourth-order valence-corrected chi connectivity index (χ4v) is 3.20. The highest BCUT2D eigenvalue weighted by Crippen LogP contribution is 2.29. The van der Waals surface area contributed by atoms with Crippen LogP contribution in [-0.2, 0) is 0 Å². The van der Waals surface area contributed by atoms with Crippen molar-refractivity contribution in [2.24, 2.45) is 0 Å². The predicted octanol–water partition coefficient (Wildman–Crippen LogP) is 3.22. The lowest BCUT2D eigenvalue weighted by atomic mass is 10.0. The third-order valence-corrected chi connectivity index (χ3v) is 4.28. The summed E-state index contributed by atoms with van der Waals surface area (Å²) in [7, 11) is 0. The van der Waals surface area contributed by atoms with E-state index in [0.29, 0.717) is 23.5 Å². The van der Waals surface area contributed by atoms with Crippen molar-refractivity contribution in [2.45, 2.75) is 45.3 Å². The van der Waals surface area contributed by atoms with Gasteiger partial charge in [0.15, 0.2) is 0 Å². The minimum Gasteiger partial charge on any atom is -0.467 e. The fourth-order valence-electron chi connectivity index (χ4n) is 3.20. The Balaban J connectivity index is 1.73. The summed E-state index contributed by atoms with van der Waals surface area (Å²) < 4.78 is 10.7. The van der Waals surface area contributed by atoms with E-state index < -0.39 is 6.10 Å². The smallest absolute Gasteiger partial charge is 0.257 e. The highest BCUT2D eigenvalue weighted by atomic mass is 16.4. The van der Waals surface area contributed by atoms with Gasteiger partial charge < -0.3 is 18.8 Å². The van der Waals surface area contributed by atoms with Crippen molar-refractivity contribution in [3.05, 3.63) is 47.3 Å². The second kappa shape index (κ2) is 6.01. The van der Waals surface area contributed by atoms with E-state index >= 15 is 0 Å². The largest absolute Gasteiger partial charge is 0.467 e. The highest BCUT2D eigenvalue weighted by Gasteiger charge is 2.33. The zero-order valence-corrected chi connectivity index (χ0v) is 12.9. The molecular formula is C17H21NO4. The van der Waals surface area contributed by atoms with E-state index in [9.17, 15) is 9.90 Å². The van der Waals surface area contributed by atoms with Gasteiger partial charge in [-0.3, -0.25) is 4.79 Å². The second-order valence-corrected chi connectivity index (χ2v) is 5.89. The van der Waals surface area contributed by atoms with Crippen molar-refractivity contribution >= 4 is 5.91 Å². The first-order valence-electron chi connectivity index (χ1n) is 7.65. The Hall–Kier alpha value is -2.01. The van der Waals surface area contributed by atoms with E-state index in [-0.39, 0.29) is 11.9 Å². The van der Waals surface area contributed by atoms with Crippen molar-refractivity contribution < 1.29 is 18.7 Å².